The monoisotopic (exact) mass is 222 g/mol. The van der Waals surface area contributed by atoms with E-state index in [2.05, 4.69) is 9.88 Å². The van der Waals surface area contributed by atoms with Gasteiger partial charge >= 0.3 is 0 Å². The van der Waals surface area contributed by atoms with E-state index >= 15 is 0 Å². The Bertz CT molecular complexity index is 334. The minimum absolute atomic E-state index is 0.395. The van der Waals surface area contributed by atoms with E-state index in [1.165, 1.54) is 44.4 Å². The second kappa shape index (κ2) is 5.28. The van der Waals surface area contributed by atoms with Gasteiger partial charge < -0.3 is 4.90 Å². The Morgan fingerprint density at radius 1 is 1.38 bits per heavy atom. The van der Waals surface area contributed by atoms with E-state index in [0.29, 0.717) is 0 Å². The molecule has 1 saturated carbocycles. The number of pyridine rings is 1. The first kappa shape index (κ1) is 11.4. The molecule has 1 aliphatic rings. The number of hydrogen-bond donors (Lipinski definition) is 0. The lowest BCUT2D eigenvalue weighted by atomic mass is 9.89. The van der Waals surface area contributed by atoms with Crippen molar-refractivity contribution in [2.75, 3.05) is 18.5 Å². The summed E-state index contributed by atoms with van der Waals surface area (Å²) < 4.78 is 13.0. The predicted octanol–water partition coefficient (Wildman–Crippen LogP) is 3.24. The molecule has 0 unspecified atom stereocenters. The molecule has 1 aliphatic carbocycles. The van der Waals surface area contributed by atoms with E-state index in [1.54, 1.807) is 0 Å². The molecule has 0 spiro atoms. The number of halogens is 1. The van der Waals surface area contributed by atoms with Crippen molar-refractivity contribution in [1.82, 2.24) is 4.98 Å². The zero-order valence-electron chi connectivity index (χ0n) is 9.82. The summed E-state index contributed by atoms with van der Waals surface area (Å²) in [5.74, 6) is 0.378. The van der Waals surface area contributed by atoms with Crippen molar-refractivity contribution >= 4 is 5.69 Å². The number of rotatable bonds is 3. The molecule has 2 rings (SSSR count). The Morgan fingerprint density at radius 3 is 2.81 bits per heavy atom. The summed E-state index contributed by atoms with van der Waals surface area (Å²) in [7, 11) is 2.03. The van der Waals surface area contributed by atoms with E-state index in [9.17, 15) is 4.39 Å². The van der Waals surface area contributed by atoms with Gasteiger partial charge in [0.05, 0.1) is 0 Å². The Balaban J connectivity index is 1.94. The third-order valence-corrected chi connectivity index (χ3v) is 3.41. The molecule has 2 nitrogen and oxygen atoms in total. The van der Waals surface area contributed by atoms with E-state index in [-0.39, 0.29) is 0 Å². The predicted molar refractivity (Wildman–Crippen MR) is 64.0 cm³/mol. The average Bonchev–Trinajstić information content (AvgIpc) is 2.30. The summed E-state index contributed by atoms with van der Waals surface area (Å²) in [5.41, 5.74) is 0.929. The molecule has 16 heavy (non-hydrogen) atoms. The first-order valence-electron chi connectivity index (χ1n) is 6.08. The highest BCUT2D eigenvalue weighted by molar-refractivity contribution is 5.43. The van der Waals surface area contributed by atoms with E-state index in [4.69, 9.17) is 0 Å². The van der Waals surface area contributed by atoms with Crippen LogP contribution in [0.5, 0.6) is 0 Å². The molecule has 1 heterocycles. The first-order chi connectivity index (χ1) is 7.75. The fourth-order valence-corrected chi connectivity index (χ4v) is 2.49. The molecule has 1 aromatic rings. The second-order valence-corrected chi connectivity index (χ2v) is 4.72. The van der Waals surface area contributed by atoms with Gasteiger partial charge in [0.1, 0.15) is 0 Å². The summed E-state index contributed by atoms with van der Waals surface area (Å²) in [6.45, 7) is 1.03. The van der Waals surface area contributed by atoms with Crippen LogP contribution >= 0.6 is 0 Å². The molecule has 0 aliphatic heterocycles. The van der Waals surface area contributed by atoms with Gasteiger partial charge in [-0.2, -0.15) is 4.39 Å². The maximum atomic E-state index is 13.0. The summed E-state index contributed by atoms with van der Waals surface area (Å²) >= 11 is 0. The van der Waals surface area contributed by atoms with Gasteiger partial charge in [0.15, 0.2) is 0 Å². The molecule has 1 aromatic heterocycles. The molecular weight excluding hydrogens is 203 g/mol. The molecule has 0 amide bonds. The van der Waals surface area contributed by atoms with Gasteiger partial charge in [-0.1, -0.05) is 19.3 Å². The molecule has 88 valence electrons. The third-order valence-electron chi connectivity index (χ3n) is 3.41. The lowest BCUT2D eigenvalue weighted by Gasteiger charge is -2.28. The van der Waals surface area contributed by atoms with Crippen molar-refractivity contribution in [2.45, 2.75) is 32.1 Å². The summed E-state index contributed by atoms with van der Waals surface area (Å²) in [6, 6.07) is 3.37. The van der Waals surface area contributed by atoms with Crippen LogP contribution in [0.2, 0.25) is 0 Å². The van der Waals surface area contributed by atoms with Crippen molar-refractivity contribution in [3.63, 3.8) is 0 Å². The molecule has 1 fully saturated rings. The minimum Gasteiger partial charge on any atom is -0.374 e. The Kier molecular flexibility index (Phi) is 3.75. The number of hydrogen-bond acceptors (Lipinski definition) is 2. The molecule has 0 aromatic carbocycles. The van der Waals surface area contributed by atoms with Gasteiger partial charge in [-0.25, -0.2) is 4.98 Å². The lowest BCUT2D eigenvalue weighted by Crippen LogP contribution is -2.26. The fourth-order valence-electron chi connectivity index (χ4n) is 2.49. The van der Waals surface area contributed by atoms with Crippen molar-refractivity contribution < 1.29 is 4.39 Å². The van der Waals surface area contributed by atoms with Crippen LogP contribution in [0, 0.1) is 11.9 Å². The van der Waals surface area contributed by atoms with E-state index in [1.807, 2.05) is 13.1 Å². The van der Waals surface area contributed by atoms with E-state index in [0.717, 1.165) is 18.2 Å². The van der Waals surface area contributed by atoms with Crippen LogP contribution in [-0.2, 0) is 0 Å². The lowest BCUT2D eigenvalue weighted by molar-refractivity contribution is 0.362. The zero-order chi connectivity index (χ0) is 11.4. The van der Waals surface area contributed by atoms with Crippen molar-refractivity contribution in [1.29, 1.82) is 0 Å². The summed E-state index contributed by atoms with van der Waals surface area (Å²) in [6.07, 6.45) is 8.24. The Hall–Kier alpha value is -1.12. The molecule has 0 saturated heterocycles. The normalized spacial score (nSPS) is 17.4. The van der Waals surface area contributed by atoms with E-state index < -0.39 is 5.95 Å². The highest BCUT2D eigenvalue weighted by atomic mass is 19.1. The highest BCUT2D eigenvalue weighted by Crippen LogP contribution is 2.25. The maximum Gasteiger partial charge on any atom is 0.214 e. The molecule has 0 N–H and O–H groups in total. The highest BCUT2D eigenvalue weighted by Gasteiger charge is 2.15. The van der Waals surface area contributed by atoms with Gasteiger partial charge in [0.2, 0.25) is 5.95 Å². The van der Waals surface area contributed by atoms with Crippen LogP contribution in [0.15, 0.2) is 18.3 Å². The third kappa shape index (κ3) is 2.94. The smallest absolute Gasteiger partial charge is 0.214 e. The van der Waals surface area contributed by atoms with Crippen LogP contribution in [-0.4, -0.2) is 18.6 Å². The average molecular weight is 222 g/mol. The Morgan fingerprint density at radius 2 is 2.12 bits per heavy atom. The largest absolute Gasteiger partial charge is 0.374 e. The molecule has 3 heteroatoms. The van der Waals surface area contributed by atoms with Gasteiger partial charge in [0, 0.05) is 31.5 Å². The Labute approximate surface area is 96.5 Å². The molecule has 0 bridgehead atoms. The topological polar surface area (TPSA) is 16.1 Å². The molecular formula is C13H19FN2. The van der Waals surface area contributed by atoms with Crippen LogP contribution in [0.3, 0.4) is 0 Å². The molecule has 0 atom stereocenters. The SMILES string of the molecule is CN(CC1CCCCC1)c1ccnc(F)c1. The fraction of sp³-hybridized carbons (Fsp3) is 0.615. The van der Waals surface area contributed by atoms with Crippen LogP contribution < -0.4 is 4.90 Å². The van der Waals surface area contributed by atoms with Crippen molar-refractivity contribution in [3.8, 4) is 0 Å². The van der Waals surface area contributed by atoms with Gasteiger partial charge in [-0.05, 0) is 24.8 Å². The van der Waals surface area contributed by atoms with Crippen LogP contribution in [0.4, 0.5) is 10.1 Å². The second-order valence-electron chi connectivity index (χ2n) is 4.72. The zero-order valence-corrected chi connectivity index (χ0v) is 9.82. The van der Waals surface area contributed by atoms with Crippen LogP contribution in [0.1, 0.15) is 32.1 Å². The number of nitrogens with zero attached hydrogens (tertiary/aromatic N) is 2. The quantitative estimate of drug-likeness (QED) is 0.730. The van der Waals surface area contributed by atoms with Crippen molar-refractivity contribution in [2.24, 2.45) is 5.92 Å². The standard InChI is InChI=1S/C13H19FN2/c1-16(10-11-5-3-2-4-6-11)12-7-8-15-13(14)9-12/h7-9,11H,2-6,10H2,1H3. The summed E-state index contributed by atoms with van der Waals surface area (Å²) in [4.78, 5) is 5.72. The maximum absolute atomic E-state index is 13.0. The first-order valence-corrected chi connectivity index (χ1v) is 6.08. The van der Waals surface area contributed by atoms with Crippen LogP contribution in [0.25, 0.3) is 0 Å². The summed E-state index contributed by atoms with van der Waals surface area (Å²) in [5, 5.41) is 0. The van der Waals surface area contributed by atoms with Gasteiger partial charge in [0.25, 0.3) is 0 Å². The molecule has 0 radical (unpaired) electrons. The number of aromatic nitrogens is 1. The van der Waals surface area contributed by atoms with Gasteiger partial charge in [-0.15, -0.1) is 0 Å². The van der Waals surface area contributed by atoms with Crippen molar-refractivity contribution in [3.05, 3.63) is 24.3 Å². The van der Waals surface area contributed by atoms with Gasteiger partial charge in [-0.3, -0.25) is 0 Å². The number of anilines is 1. The minimum atomic E-state index is -0.395.